The number of hydrogen-bond acceptors (Lipinski definition) is 2. The van der Waals surface area contributed by atoms with E-state index in [4.69, 9.17) is 11.5 Å². The Kier molecular flexibility index (Phi) is 4.30. The van der Waals surface area contributed by atoms with E-state index in [1.165, 1.54) is 5.56 Å². The van der Waals surface area contributed by atoms with Gasteiger partial charge in [-0.2, -0.15) is 0 Å². The Balaban J connectivity index is 3.00. The van der Waals surface area contributed by atoms with Gasteiger partial charge in [0, 0.05) is 0 Å². The fraction of sp³-hybridized carbons (Fsp3) is 0.538. The molecule has 84 valence electrons. The maximum Gasteiger partial charge on any atom is 0.0901 e. The summed E-state index contributed by atoms with van der Waals surface area (Å²) >= 11 is 0. The van der Waals surface area contributed by atoms with E-state index in [0.717, 1.165) is 31.2 Å². The van der Waals surface area contributed by atoms with Crippen molar-refractivity contribution in [3.8, 4) is 0 Å². The molecule has 0 amide bonds. The molecule has 0 saturated carbocycles. The van der Waals surface area contributed by atoms with Crippen LogP contribution in [0.2, 0.25) is 0 Å². The molecule has 2 heteroatoms. The second-order valence-corrected chi connectivity index (χ2v) is 4.20. The molecule has 0 atom stereocenters. The van der Waals surface area contributed by atoms with E-state index in [-0.39, 0.29) is 0 Å². The van der Waals surface area contributed by atoms with Crippen molar-refractivity contribution < 1.29 is 0 Å². The number of hydrogen-bond donors (Lipinski definition) is 2. The molecule has 0 aromatic heterocycles. The van der Waals surface area contributed by atoms with E-state index in [2.05, 4.69) is 32.0 Å². The molecule has 2 nitrogen and oxygen atoms in total. The summed E-state index contributed by atoms with van der Waals surface area (Å²) in [5, 5.41) is 0. The molecule has 1 aromatic carbocycles. The van der Waals surface area contributed by atoms with Crippen LogP contribution in [0.25, 0.3) is 0 Å². The third kappa shape index (κ3) is 3.05. The standard InChI is InChI=1S/C13H22N2/c1-3-7-11-8-5-6-9-12(11)13(14,15)10-4-2/h5-6,8-9H,3-4,7,10,14-15H2,1-2H3. The van der Waals surface area contributed by atoms with Crippen molar-refractivity contribution in [2.45, 2.75) is 45.2 Å². The lowest BCUT2D eigenvalue weighted by Crippen LogP contribution is -2.46. The molecule has 0 saturated heterocycles. The SMILES string of the molecule is CCCc1ccccc1C(N)(N)CCC. The zero-order valence-electron chi connectivity index (χ0n) is 9.79. The predicted octanol–water partition coefficient (Wildman–Crippen LogP) is 2.51. The fourth-order valence-electron chi connectivity index (χ4n) is 2.01. The smallest absolute Gasteiger partial charge is 0.0901 e. The Morgan fingerprint density at radius 3 is 2.33 bits per heavy atom. The summed E-state index contributed by atoms with van der Waals surface area (Å²) in [5.74, 6) is 0. The molecule has 1 aromatic rings. The maximum absolute atomic E-state index is 6.16. The van der Waals surface area contributed by atoms with Crippen LogP contribution in [0, 0.1) is 0 Å². The third-order valence-corrected chi connectivity index (χ3v) is 2.70. The molecular formula is C13H22N2. The Morgan fingerprint density at radius 2 is 1.73 bits per heavy atom. The summed E-state index contributed by atoms with van der Waals surface area (Å²) in [6.07, 6.45) is 4.01. The van der Waals surface area contributed by atoms with Gasteiger partial charge in [0.1, 0.15) is 0 Å². The Labute approximate surface area is 92.7 Å². The van der Waals surface area contributed by atoms with Crippen LogP contribution in [-0.2, 0) is 12.1 Å². The van der Waals surface area contributed by atoms with Gasteiger partial charge in [0.05, 0.1) is 5.66 Å². The van der Waals surface area contributed by atoms with E-state index in [9.17, 15) is 0 Å². The van der Waals surface area contributed by atoms with Gasteiger partial charge in [0.25, 0.3) is 0 Å². The highest BCUT2D eigenvalue weighted by Gasteiger charge is 2.22. The molecule has 0 heterocycles. The molecule has 0 bridgehead atoms. The Hall–Kier alpha value is -0.860. The highest BCUT2D eigenvalue weighted by molar-refractivity contribution is 5.32. The first-order valence-electron chi connectivity index (χ1n) is 5.78. The first-order valence-corrected chi connectivity index (χ1v) is 5.78. The van der Waals surface area contributed by atoms with Gasteiger partial charge in [-0.15, -0.1) is 0 Å². The average Bonchev–Trinajstić information content (AvgIpc) is 2.19. The molecule has 15 heavy (non-hydrogen) atoms. The molecule has 0 fully saturated rings. The minimum absolute atomic E-state index is 0.666. The van der Waals surface area contributed by atoms with Gasteiger partial charge in [-0.05, 0) is 24.0 Å². The van der Waals surface area contributed by atoms with Crippen LogP contribution in [0.5, 0.6) is 0 Å². The summed E-state index contributed by atoms with van der Waals surface area (Å²) < 4.78 is 0. The van der Waals surface area contributed by atoms with Crippen LogP contribution in [0.4, 0.5) is 0 Å². The lowest BCUT2D eigenvalue weighted by molar-refractivity contribution is 0.417. The predicted molar refractivity (Wildman–Crippen MR) is 65.4 cm³/mol. The minimum Gasteiger partial charge on any atom is -0.310 e. The summed E-state index contributed by atoms with van der Waals surface area (Å²) in [7, 11) is 0. The molecule has 0 spiro atoms. The van der Waals surface area contributed by atoms with E-state index in [1.54, 1.807) is 0 Å². The number of nitrogens with two attached hydrogens (primary N) is 2. The van der Waals surface area contributed by atoms with Crippen molar-refractivity contribution in [3.63, 3.8) is 0 Å². The second kappa shape index (κ2) is 5.29. The van der Waals surface area contributed by atoms with Crippen molar-refractivity contribution in [2.75, 3.05) is 0 Å². The van der Waals surface area contributed by atoms with Crippen LogP contribution in [0.1, 0.15) is 44.2 Å². The number of aryl methyl sites for hydroxylation is 1. The molecule has 0 radical (unpaired) electrons. The van der Waals surface area contributed by atoms with Crippen LogP contribution in [-0.4, -0.2) is 0 Å². The van der Waals surface area contributed by atoms with Gasteiger partial charge in [0.15, 0.2) is 0 Å². The van der Waals surface area contributed by atoms with Crippen molar-refractivity contribution in [1.82, 2.24) is 0 Å². The monoisotopic (exact) mass is 206 g/mol. The van der Waals surface area contributed by atoms with Crippen LogP contribution >= 0.6 is 0 Å². The Bertz CT molecular complexity index is 305. The van der Waals surface area contributed by atoms with E-state index in [1.807, 2.05) is 6.07 Å². The molecular weight excluding hydrogens is 184 g/mol. The molecule has 0 aliphatic heterocycles. The topological polar surface area (TPSA) is 52.0 Å². The molecule has 0 aliphatic carbocycles. The summed E-state index contributed by atoms with van der Waals surface area (Å²) in [6.45, 7) is 4.28. The quantitative estimate of drug-likeness (QED) is 0.727. The number of benzene rings is 1. The second-order valence-electron chi connectivity index (χ2n) is 4.20. The highest BCUT2D eigenvalue weighted by Crippen LogP contribution is 2.22. The third-order valence-electron chi connectivity index (χ3n) is 2.70. The van der Waals surface area contributed by atoms with Gasteiger partial charge >= 0.3 is 0 Å². The summed E-state index contributed by atoms with van der Waals surface area (Å²) in [4.78, 5) is 0. The van der Waals surface area contributed by atoms with Gasteiger partial charge in [-0.3, -0.25) is 0 Å². The lowest BCUT2D eigenvalue weighted by atomic mass is 9.90. The largest absolute Gasteiger partial charge is 0.310 e. The van der Waals surface area contributed by atoms with Gasteiger partial charge in [-0.1, -0.05) is 51.0 Å². The number of rotatable bonds is 5. The van der Waals surface area contributed by atoms with Crippen LogP contribution in [0.15, 0.2) is 24.3 Å². The maximum atomic E-state index is 6.16. The summed E-state index contributed by atoms with van der Waals surface area (Å²) in [6, 6.07) is 8.25. The normalized spacial score (nSPS) is 11.7. The molecule has 4 N–H and O–H groups in total. The van der Waals surface area contributed by atoms with E-state index in [0.29, 0.717) is 0 Å². The van der Waals surface area contributed by atoms with Crippen molar-refractivity contribution in [3.05, 3.63) is 35.4 Å². The Morgan fingerprint density at radius 1 is 1.07 bits per heavy atom. The molecule has 0 aliphatic rings. The van der Waals surface area contributed by atoms with Crippen molar-refractivity contribution >= 4 is 0 Å². The van der Waals surface area contributed by atoms with Crippen molar-refractivity contribution in [1.29, 1.82) is 0 Å². The first-order chi connectivity index (χ1) is 7.11. The fourth-order valence-corrected chi connectivity index (χ4v) is 2.01. The molecule has 0 unspecified atom stereocenters. The highest BCUT2D eigenvalue weighted by atomic mass is 15.0. The van der Waals surface area contributed by atoms with Gasteiger partial charge in [-0.25, -0.2) is 0 Å². The van der Waals surface area contributed by atoms with Crippen LogP contribution in [0.3, 0.4) is 0 Å². The van der Waals surface area contributed by atoms with Gasteiger partial charge < -0.3 is 11.5 Å². The van der Waals surface area contributed by atoms with Gasteiger partial charge in [0.2, 0.25) is 0 Å². The zero-order valence-corrected chi connectivity index (χ0v) is 9.79. The van der Waals surface area contributed by atoms with E-state index < -0.39 is 5.66 Å². The summed E-state index contributed by atoms with van der Waals surface area (Å²) in [5.41, 5.74) is 14.0. The van der Waals surface area contributed by atoms with Crippen molar-refractivity contribution in [2.24, 2.45) is 11.5 Å². The molecule has 1 rings (SSSR count). The van der Waals surface area contributed by atoms with E-state index >= 15 is 0 Å². The zero-order chi connectivity index (χ0) is 11.3. The first kappa shape index (κ1) is 12.2. The average molecular weight is 206 g/mol. The van der Waals surface area contributed by atoms with Crippen LogP contribution < -0.4 is 11.5 Å². The lowest BCUT2D eigenvalue weighted by Gasteiger charge is -2.27. The minimum atomic E-state index is -0.666.